The fourth-order valence-electron chi connectivity index (χ4n) is 2.35. The van der Waals surface area contributed by atoms with E-state index in [1.807, 2.05) is 0 Å². The molecule has 1 fully saturated rings. The van der Waals surface area contributed by atoms with Crippen LogP contribution in [0, 0.1) is 0 Å². The molecule has 5 nitrogen and oxygen atoms in total. The minimum absolute atomic E-state index is 0.0610. The van der Waals surface area contributed by atoms with Gasteiger partial charge in [-0.05, 0) is 38.6 Å². The predicted octanol–water partition coefficient (Wildman–Crippen LogP) is 0.953. The lowest BCUT2D eigenvalue weighted by Gasteiger charge is -2.25. The first-order chi connectivity index (χ1) is 8.59. The van der Waals surface area contributed by atoms with Gasteiger partial charge < -0.3 is 14.9 Å². The third-order valence-corrected chi connectivity index (χ3v) is 3.49. The summed E-state index contributed by atoms with van der Waals surface area (Å²) < 4.78 is 0. The van der Waals surface area contributed by atoms with Crippen LogP contribution in [0.4, 0.5) is 0 Å². The first-order valence-corrected chi connectivity index (χ1v) is 6.19. The molecule has 2 rings (SSSR count). The molecule has 0 saturated carbocycles. The number of nitrogens with zero attached hydrogens (tertiary/aromatic N) is 3. The van der Waals surface area contributed by atoms with Gasteiger partial charge in [-0.15, -0.1) is 0 Å². The van der Waals surface area contributed by atoms with Crippen LogP contribution in [-0.2, 0) is 0 Å². The highest BCUT2D eigenvalue weighted by Gasteiger charge is 2.25. The van der Waals surface area contributed by atoms with Gasteiger partial charge in [0.15, 0.2) is 5.69 Å². The molecule has 1 aliphatic rings. The highest BCUT2D eigenvalue weighted by atomic mass is 16.3. The minimum atomic E-state index is -0.228. The molecule has 5 heteroatoms. The SMILES string of the molecule is CN(CC1CCCN1C)C(=O)c1ncccc1O. The zero-order chi connectivity index (χ0) is 13.1. The van der Waals surface area contributed by atoms with Gasteiger partial charge in [-0.3, -0.25) is 4.79 Å². The van der Waals surface area contributed by atoms with E-state index in [0.717, 1.165) is 13.0 Å². The Morgan fingerprint density at radius 1 is 1.67 bits per heavy atom. The predicted molar refractivity (Wildman–Crippen MR) is 68.5 cm³/mol. The summed E-state index contributed by atoms with van der Waals surface area (Å²) in [5, 5.41) is 9.62. The topological polar surface area (TPSA) is 56.7 Å². The minimum Gasteiger partial charge on any atom is -0.505 e. The van der Waals surface area contributed by atoms with E-state index in [4.69, 9.17) is 0 Å². The summed E-state index contributed by atoms with van der Waals surface area (Å²) in [6.45, 7) is 1.76. The van der Waals surface area contributed by atoms with Crippen molar-refractivity contribution in [3.8, 4) is 5.75 Å². The van der Waals surface area contributed by atoms with E-state index < -0.39 is 0 Å². The van der Waals surface area contributed by atoms with Gasteiger partial charge in [0.1, 0.15) is 5.75 Å². The molecule has 1 aromatic heterocycles. The van der Waals surface area contributed by atoms with E-state index in [9.17, 15) is 9.90 Å². The Morgan fingerprint density at radius 3 is 3.06 bits per heavy atom. The highest BCUT2D eigenvalue weighted by Crippen LogP contribution is 2.18. The van der Waals surface area contributed by atoms with Crippen molar-refractivity contribution in [1.29, 1.82) is 0 Å². The van der Waals surface area contributed by atoms with Crippen molar-refractivity contribution in [1.82, 2.24) is 14.8 Å². The highest BCUT2D eigenvalue weighted by molar-refractivity contribution is 5.94. The molecular weight excluding hydrogens is 230 g/mol. The Hall–Kier alpha value is -1.62. The summed E-state index contributed by atoms with van der Waals surface area (Å²) in [5.41, 5.74) is 0.126. The molecule has 0 aromatic carbocycles. The number of carbonyl (C=O) groups is 1. The molecule has 1 aliphatic heterocycles. The van der Waals surface area contributed by atoms with Crippen LogP contribution in [0.15, 0.2) is 18.3 Å². The van der Waals surface area contributed by atoms with E-state index in [1.54, 1.807) is 18.0 Å². The molecule has 1 atom stereocenters. The molecule has 1 saturated heterocycles. The van der Waals surface area contributed by atoms with E-state index in [0.29, 0.717) is 12.6 Å². The van der Waals surface area contributed by atoms with Gasteiger partial charge in [0.2, 0.25) is 0 Å². The van der Waals surface area contributed by atoms with Crippen molar-refractivity contribution >= 4 is 5.91 Å². The lowest BCUT2D eigenvalue weighted by molar-refractivity contribution is 0.0752. The van der Waals surface area contributed by atoms with Crippen LogP contribution in [-0.4, -0.2) is 59.0 Å². The van der Waals surface area contributed by atoms with Crippen molar-refractivity contribution in [3.63, 3.8) is 0 Å². The summed E-state index contributed by atoms with van der Waals surface area (Å²) in [5.74, 6) is -0.289. The second-order valence-corrected chi connectivity index (χ2v) is 4.83. The van der Waals surface area contributed by atoms with Gasteiger partial charge in [0, 0.05) is 25.8 Å². The van der Waals surface area contributed by atoms with E-state index in [-0.39, 0.29) is 17.4 Å². The van der Waals surface area contributed by atoms with Gasteiger partial charge in [-0.25, -0.2) is 4.98 Å². The quantitative estimate of drug-likeness (QED) is 0.866. The second-order valence-electron chi connectivity index (χ2n) is 4.83. The zero-order valence-corrected chi connectivity index (χ0v) is 10.8. The van der Waals surface area contributed by atoms with Crippen molar-refractivity contribution in [3.05, 3.63) is 24.0 Å². The number of pyridine rings is 1. The molecule has 1 unspecified atom stereocenters. The third-order valence-electron chi connectivity index (χ3n) is 3.49. The van der Waals surface area contributed by atoms with Crippen molar-refractivity contribution < 1.29 is 9.90 Å². The van der Waals surface area contributed by atoms with Gasteiger partial charge in [0.25, 0.3) is 5.91 Å². The van der Waals surface area contributed by atoms with Crippen LogP contribution in [0.1, 0.15) is 23.3 Å². The number of aromatic hydroxyl groups is 1. The number of rotatable bonds is 3. The number of hydrogen-bond donors (Lipinski definition) is 1. The Kier molecular flexibility index (Phi) is 3.81. The molecule has 2 heterocycles. The average molecular weight is 249 g/mol. The normalized spacial score (nSPS) is 20.0. The molecule has 1 amide bonds. The maximum absolute atomic E-state index is 12.1. The van der Waals surface area contributed by atoms with E-state index in [1.165, 1.54) is 18.7 Å². The first-order valence-electron chi connectivity index (χ1n) is 6.19. The largest absolute Gasteiger partial charge is 0.505 e. The van der Waals surface area contributed by atoms with Crippen LogP contribution >= 0.6 is 0 Å². The van der Waals surface area contributed by atoms with Crippen LogP contribution in [0.3, 0.4) is 0 Å². The zero-order valence-electron chi connectivity index (χ0n) is 10.8. The van der Waals surface area contributed by atoms with Gasteiger partial charge in [-0.2, -0.15) is 0 Å². The summed E-state index contributed by atoms with van der Waals surface area (Å²) in [7, 11) is 3.83. The summed E-state index contributed by atoms with van der Waals surface area (Å²) in [6.07, 6.45) is 3.81. The summed E-state index contributed by atoms with van der Waals surface area (Å²) >= 11 is 0. The maximum atomic E-state index is 12.1. The second kappa shape index (κ2) is 5.35. The monoisotopic (exact) mass is 249 g/mol. The van der Waals surface area contributed by atoms with E-state index in [2.05, 4.69) is 16.9 Å². The molecule has 0 aliphatic carbocycles. The fourth-order valence-corrected chi connectivity index (χ4v) is 2.35. The molecule has 0 radical (unpaired) electrons. The molecule has 1 N–H and O–H groups in total. The van der Waals surface area contributed by atoms with Gasteiger partial charge >= 0.3 is 0 Å². The fraction of sp³-hybridized carbons (Fsp3) is 0.538. The number of hydrogen-bond acceptors (Lipinski definition) is 4. The Balaban J connectivity index is 2.03. The summed E-state index contributed by atoms with van der Waals surface area (Å²) in [6, 6.07) is 3.50. The average Bonchev–Trinajstić information content (AvgIpc) is 2.75. The number of likely N-dealkylation sites (N-methyl/N-ethyl adjacent to an activating group) is 2. The molecule has 0 spiro atoms. The number of amides is 1. The third kappa shape index (κ3) is 2.61. The van der Waals surface area contributed by atoms with Crippen LogP contribution in [0.5, 0.6) is 5.75 Å². The molecule has 98 valence electrons. The maximum Gasteiger partial charge on any atom is 0.276 e. The number of aromatic nitrogens is 1. The Morgan fingerprint density at radius 2 is 2.44 bits per heavy atom. The van der Waals surface area contributed by atoms with Crippen LogP contribution in [0.2, 0.25) is 0 Å². The van der Waals surface area contributed by atoms with Gasteiger partial charge in [-0.1, -0.05) is 0 Å². The lowest BCUT2D eigenvalue weighted by atomic mass is 10.2. The number of carbonyl (C=O) groups excluding carboxylic acids is 1. The van der Waals surface area contributed by atoms with Crippen molar-refractivity contribution in [2.24, 2.45) is 0 Å². The Labute approximate surface area is 107 Å². The molecule has 0 bridgehead atoms. The van der Waals surface area contributed by atoms with Crippen molar-refractivity contribution in [2.75, 3.05) is 27.2 Å². The van der Waals surface area contributed by atoms with Crippen LogP contribution < -0.4 is 0 Å². The van der Waals surface area contributed by atoms with Crippen molar-refractivity contribution in [2.45, 2.75) is 18.9 Å². The smallest absolute Gasteiger partial charge is 0.276 e. The van der Waals surface area contributed by atoms with Gasteiger partial charge in [0.05, 0.1) is 0 Å². The molecule has 18 heavy (non-hydrogen) atoms. The lowest BCUT2D eigenvalue weighted by Crippen LogP contribution is -2.39. The number of likely N-dealkylation sites (tertiary alicyclic amines) is 1. The summed E-state index contributed by atoms with van der Waals surface area (Å²) in [4.78, 5) is 20.0. The van der Waals surface area contributed by atoms with Crippen LogP contribution in [0.25, 0.3) is 0 Å². The molecule has 1 aromatic rings. The Bertz CT molecular complexity index is 436. The standard InChI is InChI=1S/C13H19N3O2/c1-15-8-4-5-10(15)9-16(2)13(18)12-11(17)6-3-7-14-12/h3,6-7,10,17H,4-5,8-9H2,1-2H3. The molecular formula is C13H19N3O2. The first kappa shape index (κ1) is 12.8. The van der Waals surface area contributed by atoms with E-state index >= 15 is 0 Å².